The van der Waals surface area contributed by atoms with E-state index in [9.17, 15) is 4.79 Å². The smallest absolute Gasteiger partial charge is 0.218 e. The number of nitrogens with two attached hydrogens (primary N) is 1. The number of rotatable bonds is 5. The maximum Gasteiger partial charge on any atom is 0.218 e. The van der Waals surface area contributed by atoms with Gasteiger partial charge in [0.15, 0.2) is 0 Å². The van der Waals surface area contributed by atoms with Gasteiger partial charge in [-0.25, -0.2) is 0 Å². The van der Waals surface area contributed by atoms with Crippen LogP contribution in [0.1, 0.15) is 24.9 Å². The third-order valence-corrected chi connectivity index (χ3v) is 3.49. The molecule has 0 saturated heterocycles. The lowest BCUT2D eigenvalue weighted by molar-refractivity contribution is -0.117. The number of halogens is 2. The molecule has 1 heterocycles. The molecule has 3 N–H and O–H groups in total. The highest BCUT2D eigenvalue weighted by Gasteiger charge is 2.12. The maximum absolute atomic E-state index is 10.5. The van der Waals surface area contributed by atoms with Crippen LogP contribution < -0.4 is 11.1 Å². The molecule has 84 valence electrons. The number of hydrogen-bond donors (Lipinski definition) is 2. The Hall–Kier alpha value is -0.290. The molecule has 0 saturated carbocycles. The lowest BCUT2D eigenvalue weighted by Gasteiger charge is -2.11. The first-order chi connectivity index (χ1) is 7.00. The number of hydrogen-bond acceptors (Lipinski definition) is 3. The molecule has 1 aromatic heterocycles. The van der Waals surface area contributed by atoms with Crippen LogP contribution in [0.2, 0.25) is 8.67 Å². The summed E-state index contributed by atoms with van der Waals surface area (Å²) in [5, 5.41) is 3.15. The predicted octanol–water partition coefficient (Wildman–Crippen LogP) is 2.58. The topological polar surface area (TPSA) is 55.1 Å². The molecule has 0 spiro atoms. The normalized spacial score (nSPS) is 12.7. The monoisotopic (exact) mass is 266 g/mol. The van der Waals surface area contributed by atoms with Gasteiger partial charge in [-0.1, -0.05) is 23.2 Å². The van der Waals surface area contributed by atoms with Gasteiger partial charge in [0.05, 0.1) is 8.67 Å². The van der Waals surface area contributed by atoms with Crippen LogP contribution in [0.3, 0.4) is 0 Å². The fourth-order valence-corrected chi connectivity index (χ4v) is 2.82. The quantitative estimate of drug-likeness (QED) is 0.861. The SMILES string of the molecule is CC(NCCC(N)=O)c1cc(Cl)sc1Cl. The number of amides is 1. The fraction of sp³-hybridized carbons (Fsp3) is 0.444. The molecule has 15 heavy (non-hydrogen) atoms. The molecule has 0 aliphatic rings. The highest BCUT2D eigenvalue weighted by molar-refractivity contribution is 7.20. The van der Waals surface area contributed by atoms with E-state index in [4.69, 9.17) is 28.9 Å². The minimum atomic E-state index is -0.316. The molecule has 0 aliphatic heterocycles. The fourth-order valence-electron chi connectivity index (χ4n) is 1.17. The molecule has 0 aliphatic carbocycles. The van der Waals surface area contributed by atoms with Crippen LogP contribution in [0.4, 0.5) is 0 Å². The minimum Gasteiger partial charge on any atom is -0.370 e. The van der Waals surface area contributed by atoms with Crippen LogP contribution in [0, 0.1) is 0 Å². The van der Waals surface area contributed by atoms with Gasteiger partial charge in [0.25, 0.3) is 0 Å². The van der Waals surface area contributed by atoms with Gasteiger partial charge in [-0.2, -0.15) is 0 Å². The van der Waals surface area contributed by atoms with Crippen LogP contribution in [0.25, 0.3) is 0 Å². The van der Waals surface area contributed by atoms with E-state index in [0.29, 0.717) is 21.6 Å². The average Bonchev–Trinajstić information content (AvgIpc) is 2.44. The van der Waals surface area contributed by atoms with E-state index in [-0.39, 0.29) is 11.9 Å². The molecule has 1 atom stereocenters. The average molecular weight is 267 g/mol. The Morgan fingerprint density at radius 3 is 2.80 bits per heavy atom. The minimum absolute atomic E-state index is 0.0700. The van der Waals surface area contributed by atoms with Gasteiger partial charge < -0.3 is 11.1 Å². The summed E-state index contributed by atoms with van der Waals surface area (Å²) in [7, 11) is 0. The van der Waals surface area contributed by atoms with Gasteiger partial charge in [0, 0.05) is 19.0 Å². The van der Waals surface area contributed by atoms with Crippen molar-refractivity contribution in [1.29, 1.82) is 0 Å². The highest BCUT2D eigenvalue weighted by atomic mass is 35.5. The molecule has 3 nitrogen and oxygen atoms in total. The first-order valence-corrected chi connectivity index (χ1v) is 6.04. The molecular weight excluding hydrogens is 255 g/mol. The van der Waals surface area contributed by atoms with Crippen LogP contribution in [-0.4, -0.2) is 12.5 Å². The number of nitrogens with one attached hydrogen (secondary N) is 1. The second-order valence-electron chi connectivity index (χ2n) is 3.17. The second-order valence-corrected chi connectivity index (χ2v) is 5.46. The molecule has 1 amide bonds. The zero-order valence-corrected chi connectivity index (χ0v) is 10.5. The number of primary amides is 1. The number of thiophene rings is 1. The van der Waals surface area contributed by atoms with E-state index in [1.165, 1.54) is 11.3 Å². The summed E-state index contributed by atoms with van der Waals surface area (Å²) in [6.07, 6.45) is 0.319. The van der Waals surface area contributed by atoms with Gasteiger partial charge >= 0.3 is 0 Å². The van der Waals surface area contributed by atoms with Crippen molar-refractivity contribution in [2.75, 3.05) is 6.54 Å². The van der Waals surface area contributed by atoms with Gasteiger partial charge in [-0.15, -0.1) is 11.3 Å². The van der Waals surface area contributed by atoms with Crippen molar-refractivity contribution >= 4 is 40.4 Å². The zero-order chi connectivity index (χ0) is 11.4. The first-order valence-electron chi connectivity index (χ1n) is 4.47. The molecule has 1 rings (SSSR count). The van der Waals surface area contributed by atoms with Crippen molar-refractivity contribution in [3.8, 4) is 0 Å². The van der Waals surface area contributed by atoms with Crippen molar-refractivity contribution < 1.29 is 4.79 Å². The Morgan fingerprint density at radius 1 is 1.67 bits per heavy atom. The summed E-state index contributed by atoms with van der Waals surface area (Å²) in [5.74, 6) is -0.316. The first kappa shape index (κ1) is 12.8. The molecule has 0 bridgehead atoms. The second kappa shape index (κ2) is 5.70. The van der Waals surface area contributed by atoms with E-state index in [0.717, 1.165) is 5.56 Å². The highest BCUT2D eigenvalue weighted by Crippen LogP contribution is 2.34. The van der Waals surface area contributed by atoms with E-state index in [1.807, 2.05) is 13.0 Å². The van der Waals surface area contributed by atoms with Crippen LogP contribution >= 0.6 is 34.5 Å². The molecule has 0 fully saturated rings. The number of carbonyl (C=O) groups is 1. The van der Waals surface area contributed by atoms with Gasteiger partial charge in [0.1, 0.15) is 0 Å². The van der Waals surface area contributed by atoms with Crippen LogP contribution in [-0.2, 0) is 4.79 Å². The van der Waals surface area contributed by atoms with E-state index in [2.05, 4.69) is 5.32 Å². The Bertz CT molecular complexity index is 354. The summed E-state index contributed by atoms with van der Waals surface area (Å²) in [4.78, 5) is 10.5. The standard InChI is InChI=1S/C9H12Cl2N2OS/c1-5(13-3-2-8(12)14)6-4-7(10)15-9(6)11/h4-5,13H,2-3H2,1H3,(H2,12,14). The molecule has 0 radical (unpaired) electrons. The largest absolute Gasteiger partial charge is 0.370 e. The number of carbonyl (C=O) groups excluding carboxylic acids is 1. The lowest BCUT2D eigenvalue weighted by atomic mass is 10.2. The van der Waals surface area contributed by atoms with Gasteiger partial charge in [-0.3, -0.25) is 4.79 Å². The summed E-state index contributed by atoms with van der Waals surface area (Å²) >= 11 is 13.1. The summed E-state index contributed by atoms with van der Waals surface area (Å²) in [6.45, 7) is 2.51. The van der Waals surface area contributed by atoms with Gasteiger partial charge in [-0.05, 0) is 18.6 Å². The molecule has 1 unspecified atom stereocenters. The summed E-state index contributed by atoms with van der Waals surface area (Å²) in [5.41, 5.74) is 5.98. The third-order valence-electron chi connectivity index (χ3n) is 1.97. The molecule has 6 heteroatoms. The molecular formula is C9H12Cl2N2OS. The maximum atomic E-state index is 10.5. The Morgan fingerprint density at radius 2 is 2.33 bits per heavy atom. The van der Waals surface area contributed by atoms with Crippen molar-refractivity contribution in [3.05, 3.63) is 20.3 Å². The van der Waals surface area contributed by atoms with Crippen LogP contribution in [0.15, 0.2) is 6.07 Å². The van der Waals surface area contributed by atoms with E-state index < -0.39 is 0 Å². The predicted molar refractivity (Wildman–Crippen MR) is 64.6 cm³/mol. The Kier molecular flexibility index (Phi) is 4.86. The van der Waals surface area contributed by atoms with E-state index in [1.54, 1.807) is 0 Å². The Labute approximate surface area is 103 Å². The zero-order valence-electron chi connectivity index (χ0n) is 8.22. The Balaban J connectivity index is 2.50. The van der Waals surface area contributed by atoms with Crippen molar-refractivity contribution in [3.63, 3.8) is 0 Å². The van der Waals surface area contributed by atoms with Crippen LogP contribution in [0.5, 0.6) is 0 Å². The summed E-state index contributed by atoms with van der Waals surface area (Å²) in [6, 6.07) is 1.90. The van der Waals surface area contributed by atoms with Gasteiger partial charge in [0.2, 0.25) is 5.91 Å². The lowest BCUT2D eigenvalue weighted by Crippen LogP contribution is -2.24. The summed E-state index contributed by atoms with van der Waals surface area (Å²) < 4.78 is 1.35. The van der Waals surface area contributed by atoms with E-state index >= 15 is 0 Å². The van der Waals surface area contributed by atoms with Crippen molar-refractivity contribution in [2.45, 2.75) is 19.4 Å². The van der Waals surface area contributed by atoms with Crippen molar-refractivity contribution in [1.82, 2.24) is 5.32 Å². The molecule has 1 aromatic rings. The van der Waals surface area contributed by atoms with Crippen molar-refractivity contribution in [2.24, 2.45) is 5.73 Å². The molecule has 0 aromatic carbocycles. The third kappa shape index (κ3) is 3.99.